The number of thioether (sulfide) groups is 1. The third-order valence-corrected chi connectivity index (χ3v) is 9.12. The average Bonchev–Trinajstić information content (AvgIpc) is 3.23. The normalized spacial score (nSPS) is 33.1. The van der Waals surface area contributed by atoms with Crippen molar-refractivity contribution in [3.8, 4) is 0 Å². The molecule has 0 saturated carbocycles. The minimum Gasteiger partial charge on any atom is -0.477 e. The number of carbonyl (C=O) groups is 3. The summed E-state index contributed by atoms with van der Waals surface area (Å²) in [4.78, 5) is 43.9. The Hall–Kier alpha value is -2.11. The van der Waals surface area contributed by atoms with Gasteiger partial charge in [0, 0.05) is 41.7 Å². The van der Waals surface area contributed by atoms with Gasteiger partial charge in [0.05, 0.1) is 29.9 Å². The summed E-state index contributed by atoms with van der Waals surface area (Å²) in [5, 5.41) is 30.7. The molecule has 34 heavy (non-hydrogen) atoms. The van der Waals surface area contributed by atoms with E-state index in [0.717, 1.165) is 12.8 Å². The van der Waals surface area contributed by atoms with Crippen LogP contribution in [0.15, 0.2) is 10.6 Å². The number of aliphatic carboxylic acids is 1. The number of aliphatic hydroxyl groups is 1. The van der Waals surface area contributed by atoms with Crippen molar-refractivity contribution >= 4 is 35.4 Å². The van der Waals surface area contributed by atoms with E-state index >= 15 is 0 Å². The highest BCUT2D eigenvalue weighted by Crippen LogP contribution is 2.52. The maximum Gasteiger partial charge on any atom is 0.353 e. The average molecular weight is 494 g/mol. The Morgan fingerprint density at radius 3 is 2.47 bits per heavy atom. The maximum absolute atomic E-state index is 13.3. The van der Waals surface area contributed by atoms with E-state index in [2.05, 4.69) is 5.32 Å². The van der Waals surface area contributed by atoms with Crippen LogP contribution in [0.2, 0.25) is 0 Å². The number of likely N-dealkylation sites (N-methyl/N-ethyl adjacent to an activating group) is 1. The lowest BCUT2D eigenvalue weighted by molar-refractivity contribution is -0.163. The molecular weight excluding hydrogens is 458 g/mol. The van der Waals surface area contributed by atoms with Gasteiger partial charge in [-0.25, -0.2) is 4.79 Å². The van der Waals surface area contributed by atoms with Crippen LogP contribution in [0, 0.1) is 17.2 Å². The molecule has 2 amide bonds. The van der Waals surface area contributed by atoms with E-state index in [4.69, 9.17) is 5.41 Å². The van der Waals surface area contributed by atoms with Crippen LogP contribution in [-0.4, -0.2) is 105 Å². The minimum atomic E-state index is -1.12. The summed E-state index contributed by atoms with van der Waals surface area (Å²) in [7, 11) is 1.93. The number of aliphatic hydroxyl groups excluding tert-OH is 1. The second-order valence-electron chi connectivity index (χ2n) is 10.1. The molecule has 11 heteroatoms. The number of nitrogens with one attached hydrogen (secondary N) is 2. The Morgan fingerprint density at radius 2 is 1.91 bits per heavy atom. The summed E-state index contributed by atoms with van der Waals surface area (Å²) in [5.41, 5.74) is 0.0397. The standard InChI is InChI=1S/C23H35N5O5S/c1-11-18-17(12(2)29)22(31)28(18)19(23(32)33)20(11)34-15-9-16(26(4)10-15)21(30)27-7-5-14(6-8-27)25-13(3)24/h11-12,14-18,29H,5-10H2,1-4H3,(H2,24,25)(H,32,33)/t11?,12?,15?,16?,17?,18-/m0/s1. The van der Waals surface area contributed by atoms with E-state index < -0.39 is 18.0 Å². The van der Waals surface area contributed by atoms with Gasteiger partial charge in [-0.2, -0.15) is 0 Å². The molecule has 0 spiro atoms. The van der Waals surface area contributed by atoms with Crippen molar-refractivity contribution in [2.75, 3.05) is 26.7 Å². The smallest absolute Gasteiger partial charge is 0.353 e. The van der Waals surface area contributed by atoms with E-state index in [1.807, 2.05) is 23.8 Å². The summed E-state index contributed by atoms with van der Waals surface area (Å²) >= 11 is 1.48. The topological polar surface area (TPSA) is 137 Å². The van der Waals surface area contributed by atoms with Gasteiger partial charge in [-0.05, 0) is 40.2 Å². The molecule has 5 unspecified atom stereocenters. The molecule has 3 saturated heterocycles. The highest BCUT2D eigenvalue weighted by atomic mass is 32.2. The van der Waals surface area contributed by atoms with Crippen molar-refractivity contribution in [2.24, 2.45) is 11.8 Å². The number of β-lactam (4-membered cyclic amide) rings is 1. The fourth-order valence-corrected chi connectivity index (χ4v) is 7.54. The molecule has 4 aliphatic rings. The van der Waals surface area contributed by atoms with Crippen LogP contribution in [0.5, 0.6) is 0 Å². The Morgan fingerprint density at radius 1 is 1.26 bits per heavy atom. The number of likely N-dealkylation sites (tertiary alicyclic amines) is 2. The summed E-state index contributed by atoms with van der Waals surface area (Å²) in [6.07, 6.45) is 1.44. The van der Waals surface area contributed by atoms with Crippen molar-refractivity contribution in [2.45, 2.75) is 69.5 Å². The number of hydrogen-bond donors (Lipinski definition) is 4. The highest BCUT2D eigenvalue weighted by molar-refractivity contribution is 8.03. The van der Waals surface area contributed by atoms with Crippen molar-refractivity contribution in [3.63, 3.8) is 0 Å². The Kier molecular flexibility index (Phi) is 6.99. The van der Waals surface area contributed by atoms with Gasteiger partial charge in [0.1, 0.15) is 5.70 Å². The molecule has 0 radical (unpaired) electrons. The van der Waals surface area contributed by atoms with Gasteiger partial charge in [0.15, 0.2) is 0 Å². The number of amidine groups is 1. The molecule has 0 aromatic carbocycles. The third kappa shape index (κ3) is 4.33. The van der Waals surface area contributed by atoms with Crippen LogP contribution >= 0.6 is 11.8 Å². The predicted octanol–water partition coefficient (Wildman–Crippen LogP) is 0.524. The second kappa shape index (κ2) is 9.50. The predicted molar refractivity (Wildman–Crippen MR) is 128 cm³/mol. The lowest BCUT2D eigenvalue weighted by Gasteiger charge is -2.46. The number of amides is 2. The Bertz CT molecular complexity index is 915. The molecule has 4 aliphatic heterocycles. The largest absolute Gasteiger partial charge is 0.477 e. The number of rotatable bonds is 6. The lowest BCUT2D eigenvalue weighted by atomic mass is 9.79. The number of carboxylic acid groups (broad SMARTS) is 1. The van der Waals surface area contributed by atoms with Crippen LogP contribution in [-0.2, 0) is 14.4 Å². The molecule has 0 aromatic heterocycles. The molecule has 4 rings (SSSR count). The first-order chi connectivity index (χ1) is 16.0. The van der Waals surface area contributed by atoms with Crippen LogP contribution in [0.3, 0.4) is 0 Å². The monoisotopic (exact) mass is 493 g/mol. The van der Waals surface area contributed by atoms with Gasteiger partial charge in [-0.1, -0.05) is 6.92 Å². The second-order valence-corrected chi connectivity index (χ2v) is 11.4. The number of carbonyl (C=O) groups excluding carboxylic acids is 2. The van der Waals surface area contributed by atoms with Crippen LogP contribution < -0.4 is 5.32 Å². The zero-order chi connectivity index (χ0) is 24.9. The Labute approximate surface area is 204 Å². The number of hydrogen-bond acceptors (Lipinski definition) is 7. The number of carboxylic acids is 1. The van der Waals surface area contributed by atoms with Gasteiger partial charge in [0.25, 0.3) is 0 Å². The molecule has 0 aromatic rings. The van der Waals surface area contributed by atoms with Gasteiger partial charge in [0.2, 0.25) is 11.8 Å². The summed E-state index contributed by atoms with van der Waals surface area (Å²) in [6.45, 7) is 7.21. The van der Waals surface area contributed by atoms with Crippen molar-refractivity contribution in [1.29, 1.82) is 5.41 Å². The fraction of sp³-hybridized carbons (Fsp3) is 0.739. The molecule has 4 N–H and O–H groups in total. The van der Waals surface area contributed by atoms with E-state index in [1.54, 1.807) is 13.8 Å². The van der Waals surface area contributed by atoms with Crippen molar-refractivity contribution < 1.29 is 24.6 Å². The quantitative estimate of drug-likeness (QED) is 0.239. The molecule has 188 valence electrons. The van der Waals surface area contributed by atoms with Gasteiger partial charge in [-0.15, -0.1) is 11.8 Å². The first-order valence-corrected chi connectivity index (χ1v) is 12.8. The van der Waals surface area contributed by atoms with Crippen LogP contribution in [0.1, 0.15) is 40.0 Å². The highest BCUT2D eigenvalue weighted by Gasteiger charge is 2.60. The molecule has 6 atom stereocenters. The van der Waals surface area contributed by atoms with Crippen LogP contribution in [0.25, 0.3) is 0 Å². The van der Waals surface area contributed by atoms with E-state index in [-0.39, 0.29) is 46.8 Å². The minimum absolute atomic E-state index is 0.0397. The zero-order valence-corrected chi connectivity index (χ0v) is 21.0. The lowest BCUT2D eigenvalue weighted by Crippen LogP contribution is -2.63. The SMILES string of the molecule is CC(=N)NC1CCN(C(=O)C2CC(SC3=C(C(=O)O)N4C(=O)C(C(C)O)[C@@H]4C3C)CN2C)CC1. The summed E-state index contributed by atoms with van der Waals surface area (Å²) in [6, 6.07) is -0.340. The van der Waals surface area contributed by atoms with Gasteiger partial charge >= 0.3 is 5.97 Å². The molecule has 0 bridgehead atoms. The number of fused-ring (bicyclic) bond motifs is 1. The summed E-state index contributed by atoms with van der Waals surface area (Å²) in [5.74, 6) is -1.63. The van der Waals surface area contributed by atoms with Gasteiger partial charge in [-0.3, -0.25) is 19.9 Å². The van der Waals surface area contributed by atoms with E-state index in [1.165, 1.54) is 16.7 Å². The molecule has 10 nitrogen and oxygen atoms in total. The maximum atomic E-state index is 13.3. The first-order valence-electron chi connectivity index (χ1n) is 12.0. The fourth-order valence-electron chi connectivity index (χ4n) is 5.95. The van der Waals surface area contributed by atoms with Crippen molar-refractivity contribution in [1.82, 2.24) is 20.0 Å². The Balaban J connectivity index is 1.41. The molecule has 4 heterocycles. The molecule has 3 fully saturated rings. The molecular formula is C23H35N5O5S. The molecule has 0 aliphatic carbocycles. The first kappa shape index (κ1) is 25.0. The van der Waals surface area contributed by atoms with Gasteiger partial charge < -0.3 is 25.3 Å². The van der Waals surface area contributed by atoms with E-state index in [0.29, 0.717) is 36.8 Å². The number of nitrogens with zero attached hydrogens (tertiary/aromatic N) is 3. The zero-order valence-electron chi connectivity index (χ0n) is 20.2. The third-order valence-electron chi connectivity index (χ3n) is 7.63. The van der Waals surface area contributed by atoms with Crippen LogP contribution in [0.4, 0.5) is 0 Å². The van der Waals surface area contributed by atoms with E-state index in [9.17, 15) is 24.6 Å². The van der Waals surface area contributed by atoms with Crippen molar-refractivity contribution in [3.05, 3.63) is 10.6 Å². The summed E-state index contributed by atoms with van der Waals surface area (Å²) < 4.78 is 0. The number of piperidine rings is 1.